The number of likely N-dealkylation sites (N-methyl/N-ethyl adjacent to an activating group) is 1. The van der Waals surface area contributed by atoms with Crippen LogP contribution in [0.3, 0.4) is 0 Å². The van der Waals surface area contributed by atoms with E-state index >= 15 is 0 Å². The van der Waals surface area contributed by atoms with Crippen molar-refractivity contribution in [1.82, 2.24) is 57.4 Å². The van der Waals surface area contributed by atoms with Gasteiger partial charge in [-0.2, -0.15) is 4.31 Å². The fourth-order valence-electron chi connectivity index (χ4n) is 13.1. The van der Waals surface area contributed by atoms with E-state index in [1.807, 2.05) is 4.98 Å². The van der Waals surface area contributed by atoms with Gasteiger partial charge >= 0.3 is 33.3 Å². The first kappa shape index (κ1) is 103. The summed E-state index contributed by atoms with van der Waals surface area (Å²) < 4.78 is 81.6. The van der Waals surface area contributed by atoms with Crippen molar-refractivity contribution < 1.29 is 185 Å². The van der Waals surface area contributed by atoms with E-state index in [1.165, 1.54) is 7.05 Å². The average molecular weight is 1810 g/mol. The summed E-state index contributed by atoms with van der Waals surface area (Å²) in [6.45, 7) is 2.06. The third kappa shape index (κ3) is 27.1. The number of phosphoric acid groups is 2. The number of H-pyrrole nitrogens is 1. The molecule has 0 spiro atoms. The number of aldehydes is 1. The molecular weight excluding hydrogens is 1710 g/mol. The SMILES string of the molecule is CN[C@@H]1[C@H](O[C@H]2[C@H](O[C@H]3[C@H](O)[C@@H](O)[C@H](N=C(N)N)[C@H](O)[C@@H]3N=C(N)NC(=O)[C@@H](CCC(=O)NC(CCCC(NC(=O)CN)C(=O)O)C(=O)N[C@H](C)C(=O)N[C@H](C)C(=O)O)NC(=O)[C@H](C)NC(=O)[C@@H](C)O[C@H]3[C@H](O)[C@@H](CO)O[C@H](OP(=O)(O)OP(=O)(O)OC[C@H]4O[C@@H](n5ccc(=O)[nH]c5=O)[C@H](O)[C@@H]4O)[C@@H]3NC(C)=O)O[C@@H](C)[C@]2(O)C=O)O[C@@H](CO)[C@H](O)[C@H]1O. The number of ether oxygens (including phenoxy) is 7. The number of aliphatic carboxylic acids is 2. The van der Waals surface area contributed by atoms with Crippen LogP contribution in [-0.4, -0.2) is 379 Å². The van der Waals surface area contributed by atoms with Crippen LogP contribution in [0.2, 0.25) is 0 Å². The lowest BCUT2D eigenvalue weighted by atomic mass is 9.81. The van der Waals surface area contributed by atoms with E-state index in [1.54, 1.807) is 0 Å². The molecule has 6 rings (SSSR count). The number of aliphatic hydroxyl groups excluding tert-OH is 10. The minimum atomic E-state index is -6.13. The Balaban J connectivity index is 1.29. The molecule has 1 saturated carbocycles. The fraction of sp³-hybridized carbons (Fsp3) is 0.734. The Morgan fingerprint density at radius 2 is 1.21 bits per heavy atom. The van der Waals surface area contributed by atoms with Crippen molar-refractivity contribution in [2.45, 2.75) is 262 Å². The van der Waals surface area contributed by atoms with Crippen molar-refractivity contribution in [1.29, 1.82) is 0 Å². The molecule has 57 nitrogen and oxygen atoms in total. The van der Waals surface area contributed by atoms with Gasteiger partial charge in [0, 0.05) is 25.6 Å². The van der Waals surface area contributed by atoms with Crippen LogP contribution in [0.5, 0.6) is 0 Å². The first-order valence-electron chi connectivity index (χ1n) is 37.5. The van der Waals surface area contributed by atoms with Crippen LogP contribution in [0, 0.1) is 0 Å². The monoisotopic (exact) mass is 1810 g/mol. The normalized spacial score (nSPS) is 32.9. The lowest BCUT2D eigenvalue weighted by molar-refractivity contribution is -0.314. The largest absolute Gasteiger partial charge is 0.483 e. The summed E-state index contributed by atoms with van der Waals surface area (Å²) in [5, 5.41) is 161. The lowest BCUT2D eigenvalue weighted by Crippen LogP contribution is -2.66. The Morgan fingerprint density at radius 3 is 1.79 bits per heavy atom. The van der Waals surface area contributed by atoms with Gasteiger partial charge in [0.15, 0.2) is 48.9 Å². The van der Waals surface area contributed by atoms with Gasteiger partial charge in [-0.05, 0) is 67.3 Å². The Morgan fingerprint density at radius 1 is 0.634 bits per heavy atom. The zero-order chi connectivity index (χ0) is 92.5. The van der Waals surface area contributed by atoms with E-state index in [2.05, 4.69) is 62.1 Å². The van der Waals surface area contributed by atoms with Gasteiger partial charge in [0.25, 0.3) is 5.56 Å². The molecular formula is C64H105N17O40P2. The second-order valence-corrected chi connectivity index (χ2v) is 31.8. The highest BCUT2D eigenvalue weighted by Gasteiger charge is 2.62. The molecule has 5 fully saturated rings. The van der Waals surface area contributed by atoms with Crippen LogP contribution < -0.4 is 82.0 Å². The molecule has 696 valence electrons. The molecule has 1 aromatic heterocycles. The number of aromatic amines is 1. The highest BCUT2D eigenvalue weighted by Crippen LogP contribution is 2.62. The Hall–Kier alpha value is -8.75. The number of carboxylic acids is 2. The summed E-state index contributed by atoms with van der Waals surface area (Å²) >= 11 is 0. The highest BCUT2D eigenvalue weighted by atomic mass is 31.3. The fourth-order valence-corrected chi connectivity index (χ4v) is 15.3. The summed E-state index contributed by atoms with van der Waals surface area (Å²) in [6.07, 6.45) is -42.4. The van der Waals surface area contributed by atoms with Gasteiger partial charge < -0.3 is 175 Å². The predicted octanol–water partition coefficient (Wildman–Crippen LogP) is -16.2. The number of nitrogens with zero attached hydrogens (tertiary/aromatic N) is 3. The molecule has 4 aliphatic heterocycles. The zero-order valence-corrected chi connectivity index (χ0v) is 68.2. The van der Waals surface area contributed by atoms with Crippen molar-refractivity contribution >= 4 is 93.0 Å². The Bertz CT molecular complexity index is 4170. The van der Waals surface area contributed by atoms with Gasteiger partial charge in [-0.15, -0.1) is 0 Å². The molecule has 1 aliphatic carbocycles. The number of aromatic nitrogens is 2. The molecule has 5 aliphatic rings. The van der Waals surface area contributed by atoms with E-state index < -0.39 is 339 Å². The summed E-state index contributed by atoms with van der Waals surface area (Å²) in [5.74, 6) is -14.6. The maximum Gasteiger partial charge on any atom is 0.483 e. The van der Waals surface area contributed by atoms with E-state index in [0.29, 0.717) is 4.57 Å². The van der Waals surface area contributed by atoms with Crippen molar-refractivity contribution in [2.24, 2.45) is 32.9 Å². The molecule has 33 N–H and O–H groups in total. The number of amides is 8. The van der Waals surface area contributed by atoms with Gasteiger partial charge in [0.1, 0.15) is 146 Å². The number of carbonyl (C=O) groups is 11. The Labute approximate surface area is 694 Å². The number of carbonyl (C=O) groups excluding carboxylic acids is 9. The molecule has 1 aromatic rings. The molecule has 4 saturated heterocycles. The smallest absolute Gasteiger partial charge is 0.480 e. The maximum absolute atomic E-state index is 14.8. The number of hydrogen-bond acceptors (Lipinski definition) is 40. The van der Waals surface area contributed by atoms with E-state index in [-0.39, 0.29) is 12.7 Å². The minimum Gasteiger partial charge on any atom is -0.480 e. The number of guanidine groups is 2. The number of aliphatic imine (C=N–C) groups is 2. The van der Waals surface area contributed by atoms with Crippen molar-refractivity contribution in [3.8, 4) is 0 Å². The van der Waals surface area contributed by atoms with Crippen LogP contribution in [0.1, 0.15) is 79.9 Å². The van der Waals surface area contributed by atoms with Gasteiger partial charge in [-0.3, -0.25) is 76.7 Å². The zero-order valence-electron chi connectivity index (χ0n) is 66.4. The first-order valence-corrected chi connectivity index (χ1v) is 40.5. The number of rotatable bonds is 42. The molecule has 8 amide bonds. The van der Waals surface area contributed by atoms with Crippen LogP contribution in [-0.2, 0) is 108 Å². The molecule has 123 heavy (non-hydrogen) atoms. The topological polar surface area (TPSA) is 910 Å². The minimum absolute atomic E-state index is 0.0444. The number of aliphatic hydroxyl groups is 11. The molecule has 5 heterocycles. The summed E-state index contributed by atoms with van der Waals surface area (Å²) in [5.41, 5.74) is 18.2. The average Bonchev–Trinajstić information content (AvgIpc) is 0.765. The standard InChI is InChI=1S/C64H105N17O40P2/c1-20(50(97)72-22(3)56(102)103)71-53(100)26(9-8-10-28(57(104)105)75-34(88)15-65)74-32(86)12-11-27(54(101)80-62(68)79-36-42(92)35(78-61(66)67)43(93)45(95)47(36)118-60-49(64(107,19-84)24(5)114-60)119-58-37(69-7)44(94)39(89)29(16-82)116-58)76-51(98)21(2)70-52(99)23(4)113-48-38(73-25(6)85)59(117-30(17-83)41(48)91)120-123(110,111)121-122(108,109)112-18-31-40(90)46(96)55(115-31)81-14-13-33(87)77-63(81)106/h13-14,19-24,26-31,35-49,55,58-60,69,82-83,89-96,107H,8-12,15-18,65H2,1-7H3,(H,70,99)(H,71,100)(H,72,97)(H,73,85)(H,74,86)(H,75,88)(H,76,98)(H,102,103)(H,104,105)(H,108,109)(H,110,111)(H4,66,67,78)(H,77,87,106)(H3,68,79,80,101)/t20-,21+,22-,23-,24+,26?,27-,28?,29+,30-,31-,35-,36+,37+,38-,39+,40-,41-,42+,43+,44+,45-,46-,47-,48-,49+,55-,58+,59-,60+,64-/m1/s1. The molecule has 4 unspecified atom stereocenters. The number of nitrogens with one attached hydrogen (secondary N) is 10. The summed E-state index contributed by atoms with van der Waals surface area (Å²) in [4.78, 5) is 201. The van der Waals surface area contributed by atoms with Crippen molar-refractivity contribution in [3.05, 3.63) is 33.1 Å². The van der Waals surface area contributed by atoms with Crippen LogP contribution in [0.25, 0.3) is 0 Å². The van der Waals surface area contributed by atoms with Gasteiger partial charge in [-0.1, -0.05) is 0 Å². The second-order valence-electron chi connectivity index (χ2n) is 28.9. The van der Waals surface area contributed by atoms with Crippen LogP contribution in [0.15, 0.2) is 31.8 Å². The molecule has 33 atom stereocenters. The van der Waals surface area contributed by atoms with Gasteiger partial charge in [0.2, 0.25) is 47.3 Å². The van der Waals surface area contributed by atoms with E-state index in [9.17, 15) is 148 Å². The predicted molar refractivity (Wildman–Crippen MR) is 402 cm³/mol. The van der Waals surface area contributed by atoms with Gasteiger partial charge in [0.05, 0.1) is 38.5 Å². The van der Waals surface area contributed by atoms with Crippen molar-refractivity contribution in [2.75, 3.05) is 33.4 Å². The summed E-state index contributed by atoms with van der Waals surface area (Å²) in [6, 6.07) is -17.3. The number of hydrogen-bond donors (Lipinski definition) is 29. The quantitative estimate of drug-likeness (QED) is 0.0125. The number of carboxylic acid groups (broad SMARTS) is 2. The first-order chi connectivity index (χ1) is 57.4. The second kappa shape index (κ2) is 44.9. The molecule has 0 radical (unpaired) electrons. The van der Waals surface area contributed by atoms with E-state index in [0.717, 1.165) is 53.8 Å². The molecule has 0 bridgehead atoms. The molecule has 0 aromatic carbocycles. The lowest BCUT2D eigenvalue weighted by Gasteiger charge is -2.45. The maximum atomic E-state index is 14.8. The number of phosphoric ester groups is 2. The van der Waals surface area contributed by atoms with Crippen LogP contribution >= 0.6 is 15.6 Å². The Kier molecular flexibility index (Phi) is 37.6. The molecule has 59 heteroatoms. The summed E-state index contributed by atoms with van der Waals surface area (Å²) in [7, 11) is -10.8. The highest BCUT2D eigenvalue weighted by molar-refractivity contribution is 7.61. The third-order valence-electron chi connectivity index (χ3n) is 19.8. The third-order valence-corrected chi connectivity index (χ3v) is 22.4. The van der Waals surface area contributed by atoms with E-state index in [4.69, 9.17) is 65.1 Å². The van der Waals surface area contributed by atoms with Crippen LogP contribution in [0.4, 0.5) is 0 Å². The number of nitrogens with two attached hydrogens (primary N) is 4. The van der Waals surface area contributed by atoms with Gasteiger partial charge in [-0.25, -0.2) is 28.7 Å². The van der Waals surface area contributed by atoms with Crippen molar-refractivity contribution in [3.63, 3.8) is 0 Å².